The monoisotopic (exact) mass is 262 g/mol. The maximum Gasteiger partial charge on any atom is 0.397 e. The molecule has 1 amide bonds. The van der Waals surface area contributed by atoms with E-state index >= 15 is 0 Å². The number of piperidine rings is 1. The fourth-order valence-corrected chi connectivity index (χ4v) is 2.40. The van der Waals surface area contributed by atoms with E-state index < -0.39 is 11.9 Å². The molecule has 19 heavy (non-hydrogen) atoms. The number of ether oxygens (including phenoxy) is 1. The van der Waals surface area contributed by atoms with E-state index in [4.69, 9.17) is 4.74 Å². The van der Waals surface area contributed by atoms with Gasteiger partial charge >= 0.3 is 11.9 Å². The van der Waals surface area contributed by atoms with Crippen molar-refractivity contribution in [3.8, 4) is 0 Å². The predicted molar refractivity (Wildman–Crippen MR) is 69.2 cm³/mol. The van der Waals surface area contributed by atoms with Crippen LogP contribution in [0.15, 0.2) is 24.5 Å². The Kier molecular flexibility index (Phi) is 4.49. The van der Waals surface area contributed by atoms with Crippen LogP contribution in [0.4, 0.5) is 0 Å². The molecule has 1 fully saturated rings. The van der Waals surface area contributed by atoms with Gasteiger partial charge in [0.05, 0.1) is 12.6 Å². The van der Waals surface area contributed by atoms with Crippen molar-refractivity contribution in [2.75, 3.05) is 13.2 Å². The Bertz CT molecular complexity index is 447. The van der Waals surface area contributed by atoms with Gasteiger partial charge in [0, 0.05) is 18.9 Å². The normalized spacial score (nSPS) is 19.0. The van der Waals surface area contributed by atoms with Crippen LogP contribution in [0.3, 0.4) is 0 Å². The van der Waals surface area contributed by atoms with Crippen molar-refractivity contribution < 1.29 is 14.3 Å². The first-order valence-corrected chi connectivity index (χ1v) is 6.61. The second kappa shape index (κ2) is 6.31. The van der Waals surface area contributed by atoms with Gasteiger partial charge in [-0.05, 0) is 37.8 Å². The Labute approximate surface area is 112 Å². The number of hydrogen-bond acceptors (Lipinski definition) is 4. The number of amides is 1. The zero-order chi connectivity index (χ0) is 13.7. The number of nitrogens with zero attached hydrogens (tertiary/aromatic N) is 2. The summed E-state index contributed by atoms with van der Waals surface area (Å²) in [5.74, 6) is -1.31. The molecule has 0 radical (unpaired) electrons. The van der Waals surface area contributed by atoms with Crippen LogP contribution < -0.4 is 0 Å². The lowest BCUT2D eigenvalue weighted by Gasteiger charge is -2.35. The molecule has 1 aliphatic rings. The van der Waals surface area contributed by atoms with E-state index in [1.165, 1.54) is 0 Å². The minimum Gasteiger partial charge on any atom is -0.459 e. The molecule has 2 rings (SSSR count). The van der Waals surface area contributed by atoms with E-state index in [9.17, 15) is 9.59 Å². The van der Waals surface area contributed by atoms with Gasteiger partial charge in [-0.15, -0.1) is 0 Å². The van der Waals surface area contributed by atoms with Crippen molar-refractivity contribution in [2.24, 2.45) is 0 Å². The van der Waals surface area contributed by atoms with Crippen LogP contribution >= 0.6 is 0 Å². The van der Waals surface area contributed by atoms with Crippen molar-refractivity contribution in [2.45, 2.75) is 32.2 Å². The number of carbonyl (C=O) groups excluding carboxylic acids is 2. The number of hydrogen-bond donors (Lipinski definition) is 0. The highest BCUT2D eigenvalue weighted by Crippen LogP contribution is 2.30. The van der Waals surface area contributed by atoms with E-state index in [-0.39, 0.29) is 12.6 Å². The summed E-state index contributed by atoms with van der Waals surface area (Å²) in [4.78, 5) is 29.4. The quantitative estimate of drug-likeness (QED) is 0.601. The average molecular weight is 262 g/mol. The van der Waals surface area contributed by atoms with Gasteiger partial charge in [0.1, 0.15) is 0 Å². The molecule has 2 heterocycles. The smallest absolute Gasteiger partial charge is 0.397 e. The molecule has 1 aromatic heterocycles. The van der Waals surface area contributed by atoms with Crippen molar-refractivity contribution in [1.82, 2.24) is 9.88 Å². The minimum atomic E-state index is -0.765. The highest BCUT2D eigenvalue weighted by Gasteiger charge is 2.32. The molecule has 0 saturated carbocycles. The third-order valence-corrected chi connectivity index (χ3v) is 3.28. The van der Waals surface area contributed by atoms with Crippen LogP contribution in [0.5, 0.6) is 0 Å². The number of aromatic nitrogens is 1. The molecule has 0 aromatic carbocycles. The van der Waals surface area contributed by atoms with Gasteiger partial charge in [0.15, 0.2) is 0 Å². The molecule has 5 heteroatoms. The first-order chi connectivity index (χ1) is 9.24. The molecule has 1 unspecified atom stereocenters. The summed E-state index contributed by atoms with van der Waals surface area (Å²) in [6.07, 6.45) is 6.27. The van der Waals surface area contributed by atoms with E-state index in [2.05, 4.69) is 4.98 Å². The Balaban J connectivity index is 2.17. The van der Waals surface area contributed by atoms with Gasteiger partial charge in [-0.1, -0.05) is 6.07 Å². The third kappa shape index (κ3) is 3.10. The maximum absolute atomic E-state index is 12.1. The van der Waals surface area contributed by atoms with Crippen LogP contribution in [-0.4, -0.2) is 34.9 Å². The van der Waals surface area contributed by atoms with Gasteiger partial charge in [0.25, 0.3) is 0 Å². The highest BCUT2D eigenvalue weighted by atomic mass is 16.5. The summed E-state index contributed by atoms with van der Waals surface area (Å²) in [6, 6.07) is 3.71. The number of likely N-dealkylation sites (tertiary alicyclic amines) is 1. The van der Waals surface area contributed by atoms with Gasteiger partial charge in [-0.3, -0.25) is 9.78 Å². The van der Waals surface area contributed by atoms with Crippen molar-refractivity contribution in [3.05, 3.63) is 30.1 Å². The van der Waals surface area contributed by atoms with Gasteiger partial charge in [-0.25, -0.2) is 4.79 Å². The van der Waals surface area contributed by atoms with Gasteiger partial charge in [0.2, 0.25) is 0 Å². The zero-order valence-electron chi connectivity index (χ0n) is 11.0. The van der Waals surface area contributed by atoms with Crippen LogP contribution in [0.1, 0.15) is 37.8 Å². The molecule has 0 spiro atoms. The summed E-state index contributed by atoms with van der Waals surface area (Å²) in [5.41, 5.74) is 0.972. The molecule has 1 atom stereocenters. The molecule has 0 N–H and O–H groups in total. The van der Waals surface area contributed by atoms with Crippen molar-refractivity contribution in [3.63, 3.8) is 0 Å². The Morgan fingerprint density at radius 1 is 1.47 bits per heavy atom. The fraction of sp³-hybridized carbons (Fsp3) is 0.500. The fourth-order valence-electron chi connectivity index (χ4n) is 2.40. The predicted octanol–water partition coefficient (Wildman–Crippen LogP) is 1.70. The standard InChI is InChI=1S/C14H18N2O3/c1-2-19-14(18)13(17)16-9-4-3-7-12(16)11-6-5-8-15-10-11/h5-6,8,10,12H,2-4,7,9H2,1H3. The maximum atomic E-state index is 12.1. The lowest BCUT2D eigenvalue weighted by Crippen LogP contribution is -2.43. The first-order valence-electron chi connectivity index (χ1n) is 6.61. The molecule has 1 saturated heterocycles. The summed E-state index contributed by atoms with van der Waals surface area (Å²) in [5, 5.41) is 0. The van der Waals surface area contributed by atoms with Gasteiger partial charge in [-0.2, -0.15) is 0 Å². The van der Waals surface area contributed by atoms with Crippen LogP contribution in [0, 0.1) is 0 Å². The number of rotatable bonds is 2. The Morgan fingerprint density at radius 3 is 3.00 bits per heavy atom. The van der Waals surface area contributed by atoms with Crippen LogP contribution in [0.2, 0.25) is 0 Å². The minimum absolute atomic E-state index is 0.0700. The SMILES string of the molecule is CCOC(=O)C(=O)N1CCCCC1c1cccnc1. The van der Waals surface area contributed by atoms with E-state index in [1.807, 2.05) is 12.1 Å². The third-order valence-electron chi connectivity index (χ3n) is 3.28. The van der Waals surface area contributed by atoms with Crippen LogP contribution in [-0.2, 0) is 14.3 Å². The molecule has 1 aliphatic heterocycles. The lowest BCUT2D eigenvalue weighted by molar-refractivity contribution is -0.161. The van der Waals surface area contributed by atoms with Gasteiger partial charge < -0.3 is 9.64 Å². The molecule has 1 aromatic rings. The number of esters is 1. The molecular weight excluding hydrogens is 244 g/mol. The van der Waals surface area contributed by atoms with E-state index in [0.717, 1.165) is 24.8 Å². The molecule has 0 aliphatic carbocycles. The summed E-state index contributed by atoms with van der Waals surface area (Å²) in [6.45, 7) is 2.51. The topological polar surface area (TPSA) is 59.5 Å². The lowest BCUT2D eigenvalue weighted by atomic mass is 9.96. The summed E-state index contributed by atoms with van der Waals surface area (Å²) in [7, 11) is 0. The largest absolute Gasteiger partial charge is 0.459 e. The Morgan fingerprint density at radius 2 is 2.32 bits per heavy atom. The summed E-state index contributed by atoms with van der Waals surface area (Å²) >= 11 is 0. The molecular formula is C14H18N2O3. The molecule has 5 nitrogen and oxygen atoms in total. The molecule has 0 bridgehead atoms. The van der Waals surface area contributed by atoms with Crippen molar-refractivity contribution >= 4 is 11.9 Å². The van der Waals surface area contributed by atoms with Crippen LogP contribution in [0.25, 0.3) is 0 Å². The first kappa shape index (κ1) is 13.5. The highest BCUT2D eigenvalue weighted by molar-refractivity contribution is 6.32. The average Bonchev–Trinajstić information content (AvgIpc) is 2.47. The zero-order valence-corrected chi connectivity index (χ0v) is 11.0. The Hall–Kier alpha value is -1.91. The van der Waals surface area contributed by atoms with E-state index in [0.29, 0.717) is 6.54 Å². The number of pyridine rings is 1. The second-order valence-corrected chi connectivity index (χ2v) is 4.52. The van der Waals surface area contributed by atoms with E-state index in [1.54, 1.807) is 24.2 Å². The summed E-state index contributed by atoms with van der Waals surface area (Å²) < 4.78 is 4.80. The van der Waals surface area contributed by atoms with Crippen molar-refractivity contribution in [1.29, 1.82) is 0 Å². The molecule has 102 valence electrons. The second-order valence-electron chi connectivity index (χ2n) is 4.52. The number of carbonyl (C=O) groups is 2.